The zero-order valence-corrected chi connectivity index (χ0v) is 9.79. The molecule has 2 aromatic rings. The van der Waals surface area contributed by atoms with Crippen LogP contribution in [0.5, 0.6) is 0 Å². The minimum absolute atomic E-state index is 0.0197. The van der Waals surface area contributed by atoms with Crippen LogP contribution in [0.25, 0.3) is 11.1 Å². The molecule has 0 atom stereocenters. The smallest absolute Gasteiger partial charge is 0.394 e. The van der Waals surface area contributed by atoms with Crippen LogP contribution in [0.4, 0.5) is 0 Å². The molecule has 2 rings (SSSR count). The van der Waals surface area contributed by atoms with E-state index in [-0.39, 0.29) is 5.89 Å². The molecule has 0 saturated heterocycles. The Morgan fingerprint density at radius 1 is 1.53 bits per heavy atom. The molecule has 0 aliphatic rings. The number of fused-ring (bicyclic) bond motifs is 1. The quantitative estimate of drug-likeness (QED) is 0.747. The highest BCUT2D eigenvalue weighted by molar-refractivity contribution is 9.10. The van der Waals surface area contributed by atoms with E-state index in [2.05, 4.69) is 25.7 Å². The van der Waals surface area contributed by atoms with Crippen LogP contribution in [-0.4, -0.2) is 18.1 Å². The summed E-state index contributed by atoms with van der Waals surface area (Å²) >= 11 is 3.34. The fourth-order valence-corrected chi connectivity index (χ4v) is 1.88. The summed E-state index contributed by atoms with van der Waals surface area (Å²) in [6.45, 7) is 1.90. The molecule has 0 saturated carbocycles. The van der Waals surface area contributed by atoms with Crippen LogP contribution in [0.1, 0.15) is 16.2 Å². The molecule has 1 aromatic heterocycles. The first-order valence-corrected chi connectivity index (χ1v) is 5.06. The molecule has 0 aliphatic heterocycles. The van der Waals surface area contributed by atoms with Crippen LogP contribution >= 0.6 is 15.9 Å². The number of hydrogen-bond acceptors (Lipinski definition) is 4. The van der Waals surface area contributed by atoms with E-state index in [1.807, 2.05) is 13.0 Å². The van der Waals surface area contributed by atoms with Gasteiger partial charge in [-0.15, -0.1) is 0 Å². The van der Waals surface area contributed by atoms with Crippen LogP contribution < -0.4 is 0 Å². The van der Waals surface area contributed by atoms with Crippen LogP contribution in [0.2, 0.25) is 0 Å². The Morgan fingerprint density at radius 2 is 2.27 bits per heavy atom. The lowest BCUT2D eigenvalue weighted by Gasteiger charge is -1.93. The Labute approximate surface area is 94.4 Å². The van der Waals surface area contributed by atoms with Crippen LogP contribution in [-0.2, 0) is 4.74 Å². The van der Waals surface area contributed by atoms with E-state index in [1.54, 1.807) is 6.07 Å². The van der Waals surface area contributed by atoms with Gasteiger partial charge in [-0.2, -0.15) is 0 Å². The Hall–Kier alpha value is -1.36. The number of esters is 1. The minimum atomic E-state index is -0.568. The highest BCUT2D eigenvalue weighted by Crippen LogP contribution is 2.24. The summed E-state index contributed by atoms with van der Waals surface area (Å²) in [5.41, 5.74) is 2.19. The summed E-state index contributed by atoms with van der Waals surface area (Å²) in [4.78, 5) is 15.3. The number of halogens is 1. The molecule has 0 fully saturated rings. The fraction of sp³-hybridized carbons (Fsp3) is 0.200. The van der Waals surface area contributed by atoms with Gasteiger partial charge in [0.2, 0.25) is 0 Å². The first kappa shape index (κ1) is 10.2. The second kappa shape index (κ2) is 3.66. The van der Waals surface area contributed by atoms with Crippen LogP contribution in [0.3, 0.4) is 0 Å². The van der Waals surface area contributed by atoms with E-state index < -0.39 is 5.97 Å². The first-order valence-electron chi connectivity index (χ1n) is 4.27. The molecule has 1 heterocycles. The van der Waals surface area contributed by atoms with Gasteiger partial charge in [0.05, 0.1) is 7.11 Å². The van der Waals surface area contributed by atoms with Crippen molar-refractivity contribution in [2.24, 2.45) is 0 Å². The van der Waals surface area contributed by atoms with Gasteiger partial charge in [0, 0.05) is 4.47 Å². The van der Waals surface area contributed by atoms with Crippen molar-refractivity contribution in [3.63, 3.8) is 0 Å². The van der Waals surface area contributed by atoms with E-state index in [0.29, 0.717) is 11.1 Å². The Bertz CT molecular complexity index is 533. The van der Waals surface area contributed by atoms with Crippen LogP contribution in [0.15, 0.2) is 21.0 Å². The highest BCUT2D eigenvalue weighted by atomic mass is 79.9. The molecule has 0 N–H and O–H groups in total. The maximum atomic E-state index is 11.2. The molecule has 0 amide bonds. The highest BCUT2D eigenvalue weighted by Gasteiger charge is 2.15. The van der Waals surface area contributed by atoms with Crippen molar-refractivity contribution in [3.05, 3.63) is 28.1 Å². The molecular formula is C10H8BrNO3. The Balaban J connectivity index is 2.65. The van der Waals surface area contributed by atoms with Crippen molar-refractivity contribution in [3.8, 4) is 0 Å². The van der Waals surface area contributed by atoms with Gasteiger partial charge in [0.1, 0.15) is 5.52 Å². The zero-order valence-electron chi connectivity index (χ0n) is 8.20. The number of hydrogen-bond donors (Lipinski definition) is 0. The van der Waals surface area contributed by atoms with Gasteiger partial charge in [0.15, 0.2) is 5.58 Å². The van der Waals surface area contributed by atoms with E-state index in [9.17, 15) is 4.79 Å². The van der Waals surface area contributed by atoms with Crippen molar-refractivity contribution in [1.29, 1.82) is 0 Å². The predicted molar refractivity (Wildman–Crippen MR) is 57.8 cm³/mol. The van der Waals surface area contributed by atoms with Gasteiger partial charge in [-0.05, 0) is 24.6 Å². The number of aromatic nitrogens is 1. The second-order valence-corrected chi connectivity index (χ2v) is 4.00. The maximum Gasteiger partial charge on any atom is 0.394 e. The molecule has 5 heteroatoms. The third-order valence-corrected chi connectivity index (χ3v) is 2.47. The molecule has 0 radical (unpaired) electrons. The number of nitrogens with zero attached hydrogens (tertiary/aromatic N) is 1. The number of ether oxygens (including phenoxy) is 1. The molecule has 4 nitrogen and oxygen atoms in total. The van der Waals surface area contributed by atoms with Gasteiger partial charge >= 0.3 is 11.9 Å². The summed E-state index contributed by atoms with van der Waals surface area (Å²) in [6, 6.07) is 3.67. The van der Waals surface area contributed by atoms with E-state index in [4.69, 9.17) is 4.42 Å². The molecule has 0 bridgehead atoms. The summed E-state index contributed by atoms with van der Waals surface area (Å²) in [7, 11) is 1.29. The van der Waals surface area contributed by atoms with Crippen LogP contribution in [0, 0.1) is 6.92 Å². The SMILES string of the molecule is COC(=O)c1nc2c(C)cc(Br)cc2o1. The van der Waals surface area contributed by atoms with Gasteiger partial charge in [0.25, 0.3) is 0 Å². The number of methoxy groups -OCH3 is 1. The van der Waals surface area contributed by atoms with Crippen molar-refractivity contribution < 1.29 is 13.9 Å². The number of carbonyl (C=O) groups excluding carboxylic acids is 1. The standard InChI is InChI=1S/C10H8BrNO3/c1-5-3-6(11)4-7-8(5)12-9(15-7)10(13)14-2/h3-4H,1-2H3. The lowest BCUT2D eigenvalue weighted by atomic mass is 10.2. The predicted octanol–water partition coefficient (Wildman–Crippen LogP) is 2.69. The lowest BCUT2D eigenvalue weighted by Crippen LogP contribution is -2.00. The van der Waals surface area contributed by atoms with Gasteiger partial charge in [-0.25, -0.2) is 9.78 Å². The largest absolute Gasteiger partial charge is 0.462 e. The van der Waals surface area contributed by atoms with Gasteiger partial charge < -0.3 is 9.15 Å². The summed E-state index contributed by atoms with van der Waals surface area (Å²) in [5.74, 6) is -0.588. The Kier molecular flexibility index (Phi) is 2.48. The van der Waals surface area contributed by atoms with Gasteiger partial charge in [-0.3, -0.25) is 0 Å². The van der Waals surface area contributed by atoms with Crippen molar-refractivity contribution in [2.75, 3.05) is 7.11 Å². The minimum Gasteiger partial charge on any atom is -0.462 e. The van der Waals surface area contributed by atoms with Gasteiger partial charge in [-0.1, -0.05) is 15.9 Å². The molecular weight excluding hydrogens is 262 g/mol. The van der Waals surface area contributed by atoms with E-state index >= 15 is 0 Å². The average molecular weight is 270 g/mol. The average Bonchev–Trinajstić information content (AvgIpc) is 2.60. The fourth-order valence-electron chi connectivity index (χ4n) is 1.33. The number of rotatable bonds is 1. The van der Waals surface area contributed by atoms with E-state index in [1.165, 1.54) is 7.11 Å². The van der Waals surface area contributed by atoms with E-state index in [0.717, 1.165) is 10.0 Å². The number of carbonyl (C=O) groups is 1. The number of oxazole rings is 1. The summed E-state index contributed by atoms with van der Waals surface area (Å²) < 4.78 is 10.7. The molecule has 0 spiro atoms. The summed E-state index contributed by atoms with van der Waals surface area (Å²) in [5, 5.41) is 0. The number of aryl methyl sites for hydroxylation is 1. The zero-order chi connectivity index (χ0) is 11.0. The molecule has 0 unspecified atom stereocenters. The molecule has 0 aliphatic carbocycles. The maximum absolute atomic E-state index is 11.2. The Morgan fingerprint density at radius 3 is 2.93 bits per heavy atom. The third-order valence-electron chi connectivity index (χ3n) is 2.01. The molecule has 15 heavy (non-hydrogen) atoms. The molecule has 78 valence electrons. The third kappa shape index (κ3) is 1.74. The molecule has 1 aromatic carbocycles. The number of benzene rings is 1. The monoisotopic (exact) mass is 269 g/mol. The van der Waals surface area contributed by atoms with Crippen molar-refractivity contribution in [1.82, 2.24) is 4.98 Å². The lowest BCUT2D eigenvalue weighted by molar-refractivity contribution is 0.0559. The first-order chi connectivity index (χ1) is 7.11. The normalized spacial score (nSPS) is 10.6. The summed E-state index contributed by atoms with van der Waals surface area (Å²) in [6.07, 6.45) is 0. The topological polar surface area (TPSA) is 52.3 Å². The van der Waals surface area contributed by atoms with Crippen molar-refractivity contribution in [2.45, 2.75) is 6.92 Å². The van der Waals surface area contributed by atoms with Crippen molar-refractivity contribution >= 4 is 33.0 Å². The second-order valence-electron chi connectivity index (χ2n) is 3.08.